The molecule has 0 aliphatic carbocycles. The van der Waals surface area contributed by atoms with E-state index < -0.39 is 0 Å². The molecule has 2 aromatic carbocycles. The number of nitrogens with zero attached hydrogens (tertiary/aromatic N) is 1. The van der Waals surface area contributed by atoms with Crippen LogP contribution in [0, 0.1) is 0 Å². The Kier molecular flexibility index (Phi) is 16.8. The fraction of sp³-hybridized carbons (Fsp3) is 0.588. The van der Waals surface area contributed by atoms with Gasteiger partial charge in [-0.25, -0.2) is 0 Å². The first kappa shape index (κ1) is 32.5. The summed E-state index contributed by atoms with van der Waals surface area (Å²) >= 11 is 0. The Balaban J connectivity index is 0.00000648. The minimum atomic E-state index is -0.104. The molecule has 0 radical (unpaired) electrons. The minimum absolute atomic E-state index is 0. The van der Waals surface area contributed by atoms with E-state index in [-0.39, 0.29) is 17.9 Å². The molecular weight excluding hydrogens is 458 g/mol. The van der Waals surface area contributed by atoms with Crippen molar-refractivity contribution in [2.75, 3.05) is 19.6 Å². The van der Waals surface area contributed by atoms with E-state index in [1.54, 1.807) is 0 Å². The van der Waals surface area contributed by atoms with Gasteiger partial charge in [0.15, 0.2) is 0 Å². The van der Waals surface area contributed by atoms with Crippen molar-refractivity contribution in [3.63, 3.8) is 0 Å². The number of rotatable bonds is 20. The molecule has 0 saturated heterocycles. The van der Waals surface area contributed by atoms with Crippen molar-refractivity contribution in [2.45, 2.75) is 110 Å². The lowest BCUT2D eigenvalue weighted by atomic mass is 9.78. The average molecular weight is 512 g/mol. The van der Waals surface area contributed by atoms with Crippen molar-refractivity contribution < 1.29 is 16.9 Å². The summed E-state index contributed by atoms with van der Waals surface area (Å²) in [4.78, 5) is 0. The van der Waals surface area contributed by atoms with E-state index in [0.29, 0.717) is 0 Å². The Labute approximate surface area is 230 Å². The van der Waals surface area contributed by atoms with Crippen molar-refractivity contribution >= 4 is 0 Å². The second-order valence-electron chi connectivity index (χ2n) is 10.7. The molecule has 0 fully saturated rings. The van der Waals surface area contributed by atoms with E-state index in [1.807, 2.05) is 0 Å². The molecule has 0 N–H and O–H groups in total. The third-order valence-corrected chi connectivity index (χ3v) is 8.09. The Morgan fingerprint density at radius 3 is 1.42 bits per heavy atom. The summed E-state index contributed by atoms with van der Waals surface area (Å²) in [5.41, 5.74) is 2.77. The second kappa shape index (κ2) is 18.6. The molecule has 0 saturated carbocycles. The van der Waals surface area contributed by atoms with Crippen molar-refractivity contribution in [2.24, 2.45) is 0 Å². The predicted octanol–water partition coefficient (Wildman–Crippen LogP) is 6.87. The standard InChI is InChI=1S/C34H54N.ClH/c1-5-9-12-21-28-35(29-22-13-10-6-2,30-23-14-11-7-3)34(8-4,33-26-19-16-20-27-33)31-32-24-17-15-18-25-32;/h8,15-20,24-27H,4-7,9-14,21-23,28-31H2,1-3H3;1H/q+1;/p-1. The highest BCUT2D eigenvalue weighted by molar-refractivity contribution is 5.31. The third-order valence-electron chi connectivity index (χ3n) is 8.09. The molecule has 0 amide bonds. The molecule has 36 heavy (non-hydrogen) atoms. The molecule has 202 valence electrons. The van der Waals surface area contributed by atoms with Gasteiger partial charge in [0.1, 0.15) is 5.54 Å². The quantitative estimate of drug-likeness (QED) is 0.103. The Morgan fingerprint density at radius 2 is 1.03 bits per heavy atom. The van der Waals surface area contributed by atoms with Crippen molar-refractivity contribution in [3.8, 4) is 0 Å². The molecule has 1 unspecified atom stereocenters. The van der Waals surface area contributed by atoms with Gasteiger partial charge >= 0.3 is 0 Å². The molecule has 0 aliphatic rings. The topological polar surface area (TPSA) is 0 Å². The molecule has 2 rings (SSSR count). The third kappa shape index (κ3) is 9.38. The highest BCUT2D eigenvalue weighted by Gasteiger charge is 2.49. The zero-order valence-electron chi connectivity index (χ0n) is 23.7. The summed E-state index contributed by atoms with van der Waals surface area (Å²) in [6, 6.07) is 22.6. The van der Waals surface area contributed by atoms with Crippen LogP contribution < -0.4 is 12.4 Å². The van der Waals surface area contributed by atoms with E-state index in [0.717, 1.165) is 10.9 Å². The van der Waals surface area contributed by atoms with Crippen LogP contribution in [0.15, 0.2) is 73.3 Å². The van der Waals surface area contributed by atoms with E-state index in [4.69, 9.17) is 0 Å². The van der Waals surface area contributed by atoms with Crippen molar-refractivity contribution in [3.05, 3.63) is 84.4 Å². The number of hydrogen-bond acceptors (Lipinski definition) is 0. The number of halogens is 1. The van der Waals surface area contributed by atoms with Gasteiger partial charge in [0.2, 0.25) is 0 Å². The summed E-state index contributed by atoms with van der Waals surface area (Å²) < 4.78 is 1.16. The van der Waals surface area contributed by atoms with Crippen LogP contribution in [0.4, 0.5) is 0 Å². The molecule has 1 nitrogen and oxygen atoms in total. The Morgan fingerprint density at radius 1 is 0.611 bits per heavy atom. The molecule has 2 aromatic rings. The van der Waals surface area contributed by atoms with Crippen molar-refractivity contribution in [1.29, 1.82) is 0 Å². The SMILES string of the molecule is C=CC(Cc1ccccc1)(c1ccccc1)[N+](CCCCCC)(CCCCCC)CCCCCC.[Cl-]. The summed E-state index contributed by atoms with van der Waals surface area (Å²) in [6.07, 6.45) is 19.3. The lowest BCUT2D eigenvalue weighted by Gasteiger charge is -2.53. The molecular formula is C34H54ClN. The van der Waals surface area contributed by atoms with Gasteiger partial charge in [-0.15, -0.1) is 0 Å². The number of unbranched alkanes of at least 4 members (excludes halogenated alkanes) is 9. The van der Waals surface area contributed by atoms with Gasteiger partial charge in [-0.2, -0.15) is 0 Å². The average Bonchev–Trinajstić information content (AvgIpc) is 2.91. The largest absolute Gasteiger partial charge is 1.00 e. The lowest BCUT2D eigenvalue weighted by molar-refractivity contribution is -0.977. The number of quaternary nitrogens is 1. The van der Waals surface area contributed by atoms with Crippen LogP contribution in [0.1, 0.15) is 109 Å². The number of benzene rings is 2. The zero-order chi connectivity index (χ0) is 25.2. The normalized spacial score (nSPS) is 13.1. The Hall–Kier alpha value is -1.57. The van der Waals surface area contributed by atoms with E-state index in [1.165, 1.54) is 108 Å². The van der Waals surface area contributed by atoms with Crippen LogP contribution in [-0.4, -0.2) is 24.1 Å². The van der Waals surface area contributed by atoms with Gasteiger partial charge in [0, 0.05) is 12.0 Å². The monoisotopic (exact) mass is 511 g/mol. The second-order valence-corrected chi connectivity index (χ2v) is 10.7. The molecule has 1 atom stereocenters. The van der Waals surface area contributed by atoms with Gasteiger partial charge in [-0.1, -0.05) is 127 Å². The molecule has 0 aliphatic heterocycles. The highest BCUT2D eigenvalue weighted by Crippen LogP contribution is 2.42. The highest BCUT2D eigenvalue weighted by atomic mass is 35.5. The first-order valence-corrected chi connectivity index (χ1v) is 14.8. The summed E-state index contributed by atoms with van der Waals surface area (Å²) in [5, 5.41) is 0. The van der Waals surface area contributed by atoms with Crippen LogP contribution in [0.25, 0.3) is 0 Å². The molecule has 0 aromatic heterocycles. The van der Waals surface area contributed by atoms with Crippen LogP contribution in [0.5, 0.6) is 0 Å². The lowest BCUT2D eigenvalue weighted by Crippen LogP contribution is -3.00. The maximum absolute atomic E-state index is 4.59. The predicted molar refractivity (Wildman–Crippen MR) is 156 cm³/mol. The van der Waals surface area contributed by atoms with E-state index in [9.17, 15) is 0 Å². The fourth-order valence-electron chi connectivity index (χ4n) is 6.02. The smallest absolute Gasteiger partial charge is 0.147 e. The molecule has 2 heteroatoms. The fourth-order valence-corrected chi connectivity index (χ4v) is 6.02. The van der Waals surface area contributed by atoms with Crippen LogP contribution in [-0.2, 0) is 12.0 Å². The van der Waals surface area contributed by atoms with Crippen LogP contribution in [0.2, 0.25) is 0 Å². The maximum Gasteiger partial charge on any atom is 0.147 e. The first-order chi connectivity index (χ1) is 17.2. The number of hydrogen-bond donors (Lipinski definition) is 0. The zero-order valence-corrected chi connectivity index (χ0v) is 24.5. The first-order valence-electron chi connectivity index (χ1n) is 14.8. The molecule has 0 bridgehead atoms. The molecule has 0 heterocycles. The summed E-state index contributed by atoms with van der Waals surface area (Å²) in [6.45, 7) is 15.3. The summed E-state index contributed by atoms with van der Waals surface area (Å²) in [5.74, 6) is 0. The molecule has 0 spiro atoms. The van der Waals surface area contributed by atoms with Crippen LogP contribution in [0.3, 0.4) is 0 Å². The van der Waals surface area contributed by atoms with Crippen molar-refractivity contribution in [1.82, 2.24) is 0 Å². The van der Waals surface area contributed by atoms with Crippen LogP contribution >= 0.6 is 0 Å². The van der Waals surface area contributed by atoms with Gasteiger partial charge in [0.05, 0.1) is 19.6 Å². The van der Waals surface area contributed by atoms with Gasteiger partial charge in [-0.3, -0.25) is 0 Å². The summed E-state index contributed by atoms with van der Waals surface area (Å²) in [7, 11) is 0. The van der Waals surface area contributed by atoms with Gasteiger partial charge < -0.3 is 16.9 Å². The van der Waals surface area contributed by atoms with Gasteiger partial charge in [-0.05, 0) is 50.2 Å². The maximum atomic E-state index is 4.59. The minimum Gasteiger partial charge on any atom is -1.00 e. The van der Waals surface area contributed by atoms with Gasteiger partial charge in [0.25, 0.3) is 0 Å². The van der Waals surface area contributed by atoms with E-state index >= 15 is 0 Å². The Bertz CT molecular complexity index is 756. The van der Waals surface area contributed by atoms with E-state index in [2.05, 4.69) is 94.1 Å².